The van der Waals surface area contributed by atoms with Crippen molar-refractivity contribution in [2.24, 2.45) is 0 Å². The Morgan fingerprint density at radius 3 is 2.91 bits per heavy atom. The molecule has 0 saturated carbocycles. The Kier molecular flexibility index (Phi) is 3.42. The van der Waals surface area contributed by atoms with Crippen molar-refractivity contribution in [3.8, 4) is 22.7 Å². The third-order valence-corrected chi connectivity index (χ3v) is 4.10. The molecule has 1 aliphatic rings. The molecule has 6 nitrogen and oxygen atoms in total. The second kappa shape index (κ2) is 5.72. The van der Waals surface area contributed by atoms with Gasteiger partial charge in [0, 0.05) is 30.6 Å². The van der Waals surface area contributed by atoms with E-state index in [1.807, 2.05) is 29.0 Å². The highest BCUT2D eigenvalue weighted by atomic mass is 16.3. The number of fused-ring (bicyclic) bond motifs is 1. The van der Waals surface area contributed by atoms with Crippen molar-refractivity contribution in [3.63, 3.8) is 0 Å². The number of imidazole rings is 1. The van der Waals surface area contributed by atoms with Gasteiger partial charge in [-0.05, 0) is 43.0 Å². The molecule has 0 saturated heterocycles. The monoisotopic (exact) mass is 307 g/mol. The lowest BCUT2D eigenvalue weighted by molar-refractivity contribution is 0.476. The predicted octanol–water partition coefficient (Wildman–Crippen LogP) is 2.78. The van der Waals surface area contributed by atoms with E-state index in [-0.39, 0.29) is 5.75 Å². The van der Waals surface area contributed by atoms with Gasteiger partial charge in [-0.15, -0.1) is 10.2 Å². The van der Waals surface area contributed by atoms with Crippen LogP contribution in [0.4, 0.5) is 5.82 Å². The summed E-state index contributed by atoms with van der Waals surface area (Å²) in [5.74, 6) is 1.05. The highest BCUT2D eigenvalue weighted by Crippen LogP contribution is 2.31. The molecule has 0 bridgehead atoms. The molecule has 1 aliphatic heterocycles. The van der Waals surface area contributed by atoms with Crippen molar-refractivity contribution < 1.29 is 5.11 Å². The first-order chi connectivity index (χ1) is 11.3. The fourth-order valence-electron chi connectivity index (χ4n) is 2.86. The van der Waals surface area contributed by atoms with Gasteiger partial charge in [0.25, 0.3) is 0 Å². The summed E-state index contributed by atoms with van der Waals surface area (Å²) in [6, 6.07) is 7.53. The van der Waals surface area contributed by atoms with Crippen LogP contribution in [-0.4, -0.2) is 31.4 Å². The van der Waals surface area contributed by atoms with Crippen LogP contribution in [0.3, 0.4) is 0 Å². The Labute approximate surface area is 133 Å². The molecule has 2 aromatic heterocycles. The van der Waals surface area contributed by atoms with Gasteiger partial charge in [0.15, 0.2) is 5.82 Å². The summed E-state index contributed by atoms with van der Waals surface area (Å²) in [7, 11) is 0. The van der Waals surface area contributed by atoms with Gasteiger partial charge in [0.05, 0.1) is 17.7 Å². The number of benzene rings is 1. The summed E-state index contributed by atoms with van der Waals surface area (Å²) >= 11 is 0. The molecule has 0 amide bonds. The summed E-state index contributed by atoms with van der Waals surface area (Å²) in [6.45, 7) is 0.936. The molecular formula is C17H17N5O. The number of rotatable bonds is 2. The van der Waals surface area contributed by atoms with E-state index in [9.17, 15) is 5.11 Å². The number of phenols is 1. The molecule has 0 radical (unpaired) electrons. The third-order valence-electron chi connectivity index (χ3n) is 4.10. The van der Waals surface area contributed by atoms with Gasteiger partial charge >= 0.3 is 0 Å². The van der Waals surface area contributed by atoms with E-state index in [1.165, 1.54) is 0 Å². The zero-order valence-corrected chi connectivity index (χ0v) is 12.6. The number of aromatic nitrogens is 4. The minimum absolute atomic E-state index is 0.187. The number of anilines is 1. The third kappa shape index (κ3) is 2.63. The van der Waals surface area contributed by atoms with Crippen LogP contribution in [-0.2, 0) is 6.42 Å². The van der Waals surface area contributed by atoms with Gasteiger partial charge in [0.1, 0.15) is 5.75 Å². The maximum Gasteiger partial charge on any atom is 0.151 e. The standard InChI is InChI=1S/C17H17N5O/c23-16-10-13(22-8-7-18-11-22)4-5-14(16)15-9-12-3-1-2-6-19-17(12)21-20-15/h4-5,7-11,23H,1-3,6H2,(H,19,21). The van der Waals surface area contributed by atoms with E-state index in [2.05, 4.69) is 20.5 Å². The second-order valence-electron chi connectivity index (χ2n) is 5.66. The van der Waals surface area contributed by atoms with Crippen molar-refractivity contribution in [1.29, 1.82) is 0 Å². The fraction of sp³-hybridized carbons (Fsp3) is 0.235. The molecule has 23 heavy (non-hydrogen) atoms. The molecule has 116 valence electrons. The fourth-order valence-corrected chi connectivity index (χ4v) is 2.86. The molecule has 0 atom stereocenters. The van der Waals surface area contributed by atoms with E-state index < -0.39 is 0 Å². The molecule has 0 aliphatic carbocycles. The number of hydrogen-bond acceptors (Lipinski definition) is 5. The lowest BCUT2D eigenvalue weighted by atomic mass is 10.1. The van der Waals surface area contributed by atoms with Gasteiger partial charge in [-0.3, -0.25) is 0 Å². The molecule has 2 N–H and O–H groups in total. The van der Waals surface area contributed by atoms with Crippen LogP contribution in [0.2, 0.25) is 0 Å². The Balaban J connectivity index is 1.72. The Hall–Kier alpha value is -2.89. The lowest BCUT2D eigenvalue weighted by Gasteiger charge is -2.10. The zero-order chi connectivity index (χ0) is 15.6. The van der Waals surface area contributed by atoms with Gasteiger partial charge in [-0.25, -0.2) is 4.98 Å². The minimum atomic E-state index is 0.187. The van der Waals surface area contributed by atoms with Crippen LogP contribution < -0.4 is 5.32 Å². The maximum absolute atomic E-state index is 10.4. The molecule has 0 unspecified atom stereocenters. The predicted molar refractivity (Wildman–Crippen MR) is 87.7 cm³/mol. The number of phenolic OH excluding ortho intramolecular Hbond substituents is 1. The lowest BCUT2D eigenvalue weighted by Crippen LogP contribution is -2.04. The molecule has 1 aromatic carbocycles. The second-order valence-corrected chi connectivity index (χ2v) is 5.66. The quantitative estimate of drug-likeness (QED) is 0.761. The Morgan fingerprint density at radius 2 is 2.09 bits per heavy atom. The summed E-state index contributed by atoms with van der Waals surface area (Å²) in [5.41, 5.74) is 3.40. The van der Waals surface area contributed by atoms with E-state index >= 15 is 0 Å². The van der Waals surface area contributed by atoms with Gasteiger partial charge in [-0.2, -0.15) is 0 Å². The summed E-state index contributed by atoms with van der Waals surface area (Å²) < 4.78 is 1.84. The van der Waals surface area contributed by atoms with Crippen molar-refractivity contribution in [1.82, 2.24) is 19.7 Å². The molecule has 0 fully saturated rings. The maximum atomic E-state index is 10.4. The Bertz CT molecular complexity index is 829. The van der Waals surface area contributed by atoms with Crippen molar-refractivity contribution in [2.45, 2.75) is 19.3 Å². The first kappa shape index (κ1) is 13.8. The summed E-state index contributed by atoms with van der Waals surface area (Å²) in [6.07, 6.45) is 8.49. The highest BCUT2D eigenvalue weighted by molar-refractivity contribution is 5.70. The number of aromatic hydroxyl groups is 1. The number of aryl methyl sites for hydroxylation is 1. The Morgan fingerprint density at radius 1 is 1.13 bits per heavy atom. The smallest absolute Gasteiger partial charge is 0.151 e. The van der Waals surface area contributed by atoms with E-state index in [1.54, 1.807) is 18.6 Å². The van der Waals surface area contributed by atoms with Crippen LogP contribution in [0.15, 0.2) is 43.0 Å². The minimum Gasteiger partial charge on any atom is -0.507 e. The number of nitrogens with one attached hydrogen (secondary N) is 1. The number of nitrogens with zero attached hydrogens (tertiary/aromatic N) is 4. The van der Waals surface area contributed by atoms with Crippen molar-refractivity contribution in [3.05, 3.63) is 48.5 Å². The van der Waals surface area contributed by atoms with E-state index in [4.69, 9.17) is 0 Å². The van der Waals surface area contributed by atoms with Crippen LogP contribution in [0, 0.1) is 0 Å². The van der Waals surface area contributed by atoms with Crippen LogP contribution >= 0.6 is 0 Å². The van der Waals surface area contributed by atoms with Crippen molar-refractivity contribution >= 4 is 5.82 Å². The number of hydrogen-bond donors (Lipinski definition) is 2. The van der Waals surface area contributed by atoms with Crippen LogP contribution in [0.5, 0.6) is 5.75 Å². The van der Waals surface area contributed by atoms with Gasteiger partial charge in [0.2, 0.25) is 0 Å². The first-order valence-electron chi connectivity index (χ1n) is 7.73. The zero-order valence-electron chi connectivity index (χ0n) is 12.6. The SMILES string of the molecule is Oc1cc(-n2ccnc2)ccc1-c1cc2c(nn1)NCCCC2. The van der Waals surface area contributed by atoms with Crippen LogP contribution in [0.25, 0.3) is 16.9 Å². The van der Waals surface area contributed by atoms with E-state index in [0.29, 0.717) is 11.3 Å². The normalized spacial score (nSPS) is 13.9. The first-order valence-corrected chi connectivity index (χ1v) is 7.73. The summed E-state index contributed by atoms with van der Waals surface area (Å²) in [5, 5.41) is 22.2. The molecular weight excluding hydrogens is 290 g/mol. The summed E-state index contributed by atoms with van der Waals surface area (Å²) in [4.78, 5) is 4.02. The average molecular weight is 307 g/mol. The van der Waals surface area contributed by atoms with Gasteiger partial charge in [-0.1, -0.05) is 0 Å². The highest BCUT2D eigenvalue weighted by Gasteiger charge is 2.14. The molecule has 0 spiro atoms. The van der Waals surface area contributed by atoms with Crippen LogP contribution in [0.1, 0.15) is 18.4 Å². The topological polar surface area (TPSA) is 75.9 Å². The van der Waals surface area contributed by atoms with E-state index in [0.717, 1.165) is 42.9 Å². The average Bonchev–Trinajstić information content (AvgIpc) is 3.00. The molecule has 4 rings (SSSR count). The largest absolute Gasteiger partial charge is 0.507 e. The van der Waals surface area contributed by atoms with Crippen molar-refractivity contribution in [2.75, 3.05) is 11.9 Å². The molecule has 3 heterocycles. The van der Waals surface area contributed by atoms with Gasteiger partial charge < -0.3 is 15.0 Å². The molecule has 6 heteroatoms. The molecule has 3 aromatic rings.